The number of aromatic nitrogens is 1. The molecule has 1 atom stereocenters. The zero-order valence-electron chi connectivity index (χ0n) is 17.4. The van der Waals surface area contributed by atoms with Gasteiger partial charge in [-0.25, -0.2) is 9.18 Å². The maximum absolute atomic E-state index is 14.0. The molecule has 3 N–H and O–H groups in total. The molecule has 1 fully saturated rings. The number of pyridine rings is 1. The lowest BCUT2D eigenvalue weighted by Gasteiger charge is -2.43. The highest BCUT2D eigenvalue weighted by Gasteiger charge is 2.30. The van der Waals surface area contributed by atoms with Crippen LogP contribution in [0.5, 0.6) is 0 Å². The Hall–Kier alpha value is -2.93. The van der Waals surface area contributed by atoms with E-state index in [0.717, 1.165) is 25.9 Å². The summed E-state index contributed by atoms with van der Waals surface area (Å²) in [4.78, 5) is 19.2. The normalized spacial score (nSPS) is 19.8. The van der Waals surface area contributed by atoms with Crippen molar-refractivity contribution >= 4 is 22.6 Å². The lowest BCUT2D eigenvalue weighted by atomic mass is 9.91. The molecule has 1 aromatic heterocycles. The number of para-hydroxylation sites is 1. The molecule has 158 valence electrons. The van der Waals surface area contributed by atoms with Gasteiger partial charge in [0.05, 0.1) is 5.69 Å². The van der Waals surface area contributed by atoms with Crippen molar-refractivity contribution in [1.82, 2.24) is 20.5 Å². The van der Waals surface area contributed by atoms with Crippen molar-refractivity contribution in [3.05, 3.63) is 60.2 Å². The van der Waals surface area contributed by atoms with Crippen LogP contribution in [0, 0.1) is 11.7 Å². The zero-order valence-corrected chi connectivity index (χ0v) is 17.4. The third-order valence-electron chi connectivity index (χ3n) is 5.72. The van der Waals surface area contributed by atoms with Crippen molar-refractivity contribution in [2.45, 2.75) is 38.9 Å². The summed E-state index contributed by atoms with van der Waals surface area (Å²) in [7, 11) is 0. The first-order chi connectivity index (χ1) is 14.5. The van der Waals surface area contributed by atoms with E-state index in [1.807, 2.05) is 12.2 Å². The van der Waals surface area contributed by atoms with Crippen LogP contribution in [0.15, 0.2) is 54.4 Å². The number of piperidine rings is 1. The van der Waals surface area contributed by atoms with Crippen LogP contribution in [0.3, 0.4) is 0 Å². The number of carbonyl (C=O) groups excluding carboxylic acids is 1. The number of benzene rings is 1. The number of amides is 2. The average Bonchev–Trinajstić information content (AvgIpc) is 2.75. The molecular weight excluding hydrogens is 381 g/mol. The first kappa shape index (κ1) is 20.3. The van der Waals surface area contributed by atoms with E-state index in [1.54, 1.807) is 18.2 Å². The van der Waals surface area contributed by atoms with Gasteiger partial charge in [-0.3, -0.25) is 4.98 Å². The van der Waals surface area contributed by atoms with Crippen LogP contribution in [0.4, 0.5) is 14.9 Å². The minimum atomic E-state index is -0.408. The highest BCUT2D eigenvalue weighted by molar-refractivity contribution is 6.00. The summed E-state index contributed by atoms with van der Waals surface area (Å²) in [5.74, 6) is 0.0765. The van der Waals surface area contributed by atoms with E-state index in [2.05, 4.69) is 45.8 Å². The fourth-order valence-corrected chi connectivity index (χ4v) is 4.34. The fraction of sp³-hybridized carbons (Fsp3) is 0.391. The second kappa shape index (κ2) is 8.83. The predicted molar refractivity (Wildman–Crippen MR) is 117 cm³/mol. The topological polar surface area (TPSA) is 69.3 Å². The van der Waals surface area contributed by atoms with Crippen molar-refractivity contribution in [1.29, 1.82) is 0 Å². The SMILES string of the molecule is CC(C)N1C(C2CCNCC2)=CC=CC1NC(=O)Nc1ccnc2c(F)cccc12. The Bertz CT molecular complexity index is 981. The molecule has 2 aliphatic heterocycles. The number of fused-ring (bicyclic) bond motifs is 1. The Morgan fingerprint density at radius 1 is 1.27 bits per heavy atom. The van der Waals surface area contributed by atoms with Crippen LogP contribution in [0.1, 0.15) is 26.7 Å². The van der Waals surface area contributed by atoms with Crippen LogP contribution in [-0.4, -0.2) is 41.2 Å². The average molecular weight is 410 g/mol. The summed E-state index contributed by atoms with van der Waals surface area (Å²) in [5.41, 5.74) is 2.05. The molecule has 2 aliphatic rings. The van der Waals surface area contributed by atoms with Crippen molar-refractivity contribution in [3.8, 4) is 0 Å². The number of urea groups is 1. The molecule has 1 saturated heterocycles. The summed E-state index contributed by atoms with van der Waals surface area (Å²) in [6, 6.07) is 6.30. The van der Waals surface area contributed by atoms with Gasteiger partial charge in [-0.05, 0) is 64.1 Å². The van der Waals surface area contributed by atoms with Gasteiger partial charge in [0.25, 0.3) is 0 Å². The van der Waals surface area contributed by atoms with E-state index in [-0.39, 0.29) is 23.8 Å². The van der Waals surface area contributed by atoms with Crippen LogP contribution < -0.4 is 16.0 Å². The maximum atomic E-state index is 14.0. The molecule has 0 bridgehead atoms. The van der Waals surface area contributed by atoms with E-state index in [4.69, 9.17) is 0 Å². The zero-order chi connectivity index (χ0) is 21.1. The number of nitrogens with one attached hydrogen (secondary N) is 3. The summed E-state index contributed by atoms with van der Waals surface area (Å²) < 4.78 is 14.0. The number of hydrogen-bond acceptors (Lipinski definition) is 4. The highest BCUT2D eigenvalue weighted by atomic mass is 19.1. The molecule has 2 amide bonds. The second-order valence-corrected chi connectivity index (χ2v) is 8.04. The first-order valence-electron chi connectivity index (χ1n) is 10.5. The van der Waals surface area contributed by atoms with E-state index in [1.165, 1.54) is 18.0 Å². The van der Waals surface area contributed by atoms with E-state index < -0.39 is 5.82 Å². The van der Waals surface area contributed by atoms with Gasteiger partial charge >= 0.3 is 6.03 Å². The van der Waals surface area contributed by atoms with Gasteiger partial charge in [0, 0.05) is 29.2 Å². The van der Waals surface area contributed by atoms with Crippen molar-refractivity contribution in [3.63, 3.8) is 0 Å². The Labute approximate surface area is 176 Å². The van der Waals surface area contributed by atoms with Crippen LogP contribution in [0.25, 0.3) is 10.9 Å². The van der Waals surface area contributed by atoms with Gasteiger partial charge in [-0.15, -0.1) is 0 Å². The Balaban J connectivity index is 1.51. The Morgan fingerprint density at radius 2 is 2.07 bits per heavy atom. The number of nitrogens with zero attached hydrogens (tertiary/aromatic N) is 2. The van der Waals surface area contributed by atoms with Gasteiger partial charge in [0.1, 0.15) is 17.5 Å². The summed E-state index contributed by atoms with van der Waals surface area (Å²) in [5, 5.41) is 9.92. The maximum Gasteiger partial charge on any atom is 0.321 e. The Morgan fingerprint density at radius 3 is 2.83 bits per heavy atom. The van der Waals surface area contributed by atoms with Crippen molar-refractivity contribution in [2.75, 3.05) is 18.4 Å². The highest BCUT2D eigenvalue weighted by Crippen LogP contribution is 2.30. The number of carbonyl (C=O) groups is 1. The second-order valence-electron chi connectivity index (χ2n) is 8.04. The monoisotopic (exact) mass is 409 g/mol. The predicted octanol–water partition coefficient (Wildman–Crippen LogP) is 3.99. The third kappa shape index (κ3) is 4.16. The molecule has 30 heavy (non-hydrogen) atoms. The minimum Gasteiger partial charge on any atom is -0.349 e. The quantitative estimate of drug-likeness (QED) is 0.714. The van der Waals surface area contributed by atoms with E-state index in [0.29, 0.717) is 17.0 Å². The van der Waals surface area contributed by atoms with Crippen LogP contribution >= 0.6 is 0 Å². The van der Waals surface area contributed by atoms with E-state index >= 15 is 0 Å². The molecule has 1 unspecified atom stereocenters. The van der Waals surface area contributed by atoms with Crippen molar-refractivity contribution < 1.29 is 9.18 Å². The largest absolute Gasteiger partial charge is 0.349 e. The summed E-state index contributed by atoms with van der Waals surface area (Å²) in [6.45, 7) is 6.31. The number of anilines is 1. The molecule has 0 spiro atoms. The van der Waals surface area contributed by atoms with Crippen LogP contribution in [0.2, 0.25) is 0 Å². The molecule has 7 heteroatoms. The summed E-state index contributed by atoms with van der Waals surface area (Å²) in [6.07, 6.45) is 9.63. The molecule has 0 saturated carbocycles. The lowest BCUT2D eigenvalue weighted by Crippen LogP contribution is -2.53. The molecule has 0 aliphatic carbocycles. The number of rotatable bonds is 4. The molecular formula is C23H28FN5O. The van der Waals surface area contributed by atoms with Crippen molar-refractivity contribution in [2.24, 2.45) is 5.92 Å². The molecule has 3 heterocycles. The minimum absolute atomic E-state index is 0.234. The van der Waals surface area contributed by atoms with Gasteiger partial charge in [-0.1, -0.05) is 18.2 Å². The van der Waals surface area contributed by atoms with Crippen LogP contribution in [-0.2, 0) is 0 Å². The number of allylic oxidation sites excluding steroid dienone is 3. The standard InChI is InChI=1S/C23H28FN5O/c1-15(2)29-20(16-9-12-25-13-10-16)7-4-8-21(29)28-23(30)27-19-11-14-26-22-17(19)5-3-6-18(22)24/h3-8,11,14-16,21,25H,9-10,12-13H2,1-2H3,(H2,26,27,28,30). The summed E-state index contributed by atoms with van der Waals surface area (Å²) >= 11 is 0. The third-order valence-corrected chi connectivity index (χ3v) is 5.72. The molecule has 4 rings (SSSR count). The molecule has 6 nitrogen and oxygen atoms in total. The van der Waals surface area contributed by atoms with Gasteiger partial charge < -0.3 is 20.9 Å². The number of hydrogen-bond donors (Lipinski definition) is 3. The van der Waals surface area contributed by atoms with Gasteiger partial charge in [0.15, 0.2) is 0 Å². The van der Waals surface area contributed by atoms with Gasteiger partial charge in [-0.2, -0.15) is 0 Å². The molecule has 1 aromatic carbocycles. The number of halogens is 1. The van der Waals surface area contributed by atoms with Gasteiger partial charge in [0.2, 0.25) is 0 Å². The molecule has 2 aromatic rings. The smallest absolute Gasteiger partial charge is 0.321 e. The lowest BCUT2D eigenvalue weighted by molar-refractivity contribution is 0.173. The fourth-order valence-electron chi connectivity index (χ4n) is 4.34. The van der Waals surface area contributed by atoms with E-state index in [9.17, 15) is 9.18 Å². The Kier molecular flexibility index (Phi) is 5.99. The molecule has 0 radical (unpaired) electrons. The first-order valence-corrected chi connectivity index (χ1v) is 10.5.